The van der Waals surface area contributed by atoms with E-state index >= 15 is 0 Å². The van der Waals surface area contributed by atoms with E-state index in [0.29, 0.717) is 18.8 Å². The van der Waals surface area contributed by atoms with Gasteiger partial charge in [0.1, 0.15) is 6.04 Å². The highest BCUT2D eigenvalue weighted by Crippen LogP contribution is 2.24. The van der Waals surface area contributed by atoms with Crippen LogP contribution in [0.4, 0.5) is 5.69 Å². The van der Waals surface area contributed by atoms with E-state index in [4.69, 9.17) is 4.74 Å². The first-order valence-corrected chi connectivity index (χ1v) is 10.3. The lowest BCUT2D eigenvalue weighted by atomic mass is 10.1. The fraction of sp³-hybridized carbons (Fsp3) is 0.529. The Hall–Kier alpha value is -2.13. The van der Waals surface area contributed by atoms with Gasteiger partial charge in [-0.15, -0.1) is 0 Å². The number of benzene rings is 1. The van der Waals surface area contributed by atoms with Crippen molar-refractivity contribution in [2.75, 3.05) is 49.3 Å². The zero-order valence-corrected chi connectivity index (χ0v) is 15.4. The third kappa shape index (κ3) is 3.83. The van der Waals surface area contributed by atoms with E-state index in [1.807, 2.05) is 13.0 Å². The number of aliphatic carboxylic acids is 1. The van der Waals surface area contributed by atoms with Gasteiger partial charge in [-0.25, -0.2) is 13.2 Å². The zero-order chi connectivity index (χ0) is 18.9. The topological polar surface area (TPSA) is 104 Å². The number of carboxylic acids is 1. The minimum Gasteiger partial charge on any atom is -0.480 e. The van der Waals surface area contributed by atoms with Crippen LogP contribution in [0.15, 0.2) is 18.2 Å². The molecule has 142 valence electrons. The van der Waals surface area contributed by atoms with Crippen LogP contribution < -0.4 is 4.90 Å². The monoisotopic (exact) mass is 382 g/mol. The van der Waals surface area contributed by atoms with Crippen molar-refractivity contribution in [1.29, 1.82) is 0 Å². The second-order valence-corrected chi connectivity index (χ2v) is 8.80. The molecule has 0 spiro atoms. The van der Waals surface area contributed by atoms with Crippen molar-refractivity contribution < 1.29 is 27.9 Å². The van der Waals surface area contributed by atoms with Gasteiger partial charge in [0.15, 0.2) is 9.84 Å². The van der Waals surface area contributed by atoms with Crippen molar-refractivity contribution in [3.63, 3.8) is 0 Å². The number of amides is 1. The minimum atomic E-state index is -3.45. The normalized spacial score (nSPS) is 22.9. The maximum Gasteiger partial charge on any atom is 0.327 e. The summed E-state index contributed by atoms with van der Waals surface area (Å²) in [5.41, 5.74) is 2.29. The number of nitrogens with zero attached hydrogens (tertiary/aromatic N) is 2. The molecule has 2 aliphatic heterocycles. The van der Waals surface area contributed by atoms with E-state index in [2.05, 4.69) is 4.90 Å². The number of carboxylic acid groups (broad SMARTS) is 1. The Morgan fingerprint density at radius 2 is 1.88 bits per heavy atom. The number of morpholine rings is 1. The summed E-state index contributed by atoms with van der Waals surface area (Å²) in [5, 5.41) is 9.33. The summed E-state index contributed by atoms with van der Waals surface area (Å²) in [4.78, 5) is 27.6. The molecule has 2 fully saturated rings. The van der Waals surface area contributed by atoms with Gasteiger partial charge >= 0.3 is 5.97 Å². The van der Waals surface area contributed by atoms with Gasteiger partial charge in [0.05, 0.1) is 24.7 Å². The second kappa shape index (κ2) is 7.24. The third-order valence-corrected chi connectivity index (χ3v) is 6.40. The maximum absolute atomic E-state index is 12.8. The number of carbonyl (C=O) groups is 2. The molecule has 3 rings (SSSR count). The van der Waals surface area contributed by atoms with Crippen LogP contribution in [0.2, 0.25) is 0 Å². The van der Waals surface area contributed by atoms with E-state index in [1.165, 1.54) is 0 Å². The summed E-state index contributed by atoms with van der Waals surface area (Å²) >= 11 is 0. The predicted molar refractivity (Wildman–Crippen MR) is 95.3 cm³/mol. The van der Waals surface area contributed by atoms with Gasteiger partial charge in [0.2, 0.25) is 0 Å². The lowest BCUT2D eigenvalue weighted by Crippen LogP contribution is -2.54. The molecule has 8 nitrogen and oxygen atoms in total. The molecule has 0 aliphatic carbocycles. The Morgan fingerprint density at radius 3 is 2.50 bits per heavy atom. The molecule has 26 heavy (non-hydrogen) atoms. The van der Waals surface area contributed by atoms with Crippen molar-refractivity contribution in [1.82, 2.24) is 4.90 Å². The highest BCUT2D eigenvalue weighted by molar-refractivity contribution is 7.91. The van der Waals surface area contributed by atoms with Crippen molar-refractivity contribution in [2.45, 2.75) is 13.0 Å². The lowest BCUT2D eigenvalue weighted by molar-refractivity contribution is -0.141. The molecule has 1 unspecified atom stereocenters. The van der Waals surface area contributed by atoms with E-state index in [0.717, 1.165) is 29.2 Å². The molecule has 2 aliphatic rings. The number of anilines is 1. The summed E-state index contributed by atoms with van der Waals surface area (Å²) in [6, 6.07) is 3.90. The number of hydrogen-bond acceptors (Lipinski definition) is 6. The third-order valence-electron chi connectivity index (χ3n) is 4.77. The summed E-state index contributed by atoms with van der Waals surface area (Å²) < 4.78 is 28.8. The van der Waals surface area contributed by atoms with Crippen molar-refractivity contribution >= 4 is 27.4 Å². The van der Waals surface area contributed by atoms with Crippen LogP contribution in [0.5, 0.6) is 0 Å². The molecule has 0 radical (unpaired) electrons. The fourth-order valence-corrected chi connectivity index (χ4v) is 4.81. The first-order chi connectivity index (χ1) is 12.3. The van der Waals surface area contributed by atoms with Crippen molar-refractivity contribution in [3.05, 3.63) is 29.3 Å². The van der Waals surface area contributed by atoms with E-state index in [9.17, 15) is 23.1 Å². The Morgan fingerprint density at radius 1 is 1.19 bits per heavy atom. The largest absolute Gasteiger partial charge is 0.480 e. The quantitative estimate of drug-likeness (QED) is 0.794. The standard InChI is InChI=1S/C17H22N2O6S/c1-12-10-13(2-3-14(12)18-4-7-25-8-5-18)16(20)19-6-9-26(23,24)11-15(19)17(21)22/h2-3,10,15H,4-9,11H2,1H3,(H,21,22). The summed E-state index contributed by atoms with van der Waals surface area (Å²) in [6.45, 7) is 4.66. The molecule has 0 aromatic heterocycles. The van der Waals surface area contributed by atoms with Gasteiger partial charge in [-0.2, -0.15) is 0 Å². The molecule has 9 heteroatoms. The SMILES string of the molecule is Cc1cc(C(=O)N2CCS(=O)(=O)CC2C(=O)O)ccc1N1CCOCC1. The van der Waals surface area contributed by atoms with Gasteiger partial charge < -0.3 is 19.6 Å². The lowest BCUT2D eigenvalue weighted by Gasteiger charge is -2.33. The molecule has 1 aromatic carbocycles. The molecular formula is C17H22N2O6S. The molecule has 1 N–H and O–H groups in total. The molecule has 2 heterocycles. The average molecular weight is 382 g/mol. The van der Waals surface area contributed by atoms with Crippen LogP contribution in [0.1, 0.15) is 15.9 Å². The number of aryl methyl sites for hydroxylation is 1. The Kier molecular flexibility index (Phi) is 5.19. The highest BCUT2D eigenvalue weighted by Gasteiger charge is 2.39. The van der Waals surface area contributed by atoms with Crippen LogP contribution in [-0.4, -0.2) is 80.7 Å². The first kappa shape index (κ1) is 18.7. The van der Waals surface area contributed by atoms with Gasteiger partial charge in [-0.3, -0.25) is 4.79 Å². The molecule has 1 amide bonds. The van der Waals surface area contributed by atoms with Crippen LogP contribution >= 0.6 is 0 Å². The number of ether oxygens (including phenoxy) is 1. The number of hydrogen-bond donors (Lipinski definition) is 1. The number of sulfone groups is 1. The van der Waals surface area contributed by atoms with E-state index in [-0.39, 0.29) is 12.3 Å². The second-order valence-electron chi connectivity index (χ2n) is 6.57. The Bertz CT molecular complexity index is 817. The van der Waals surface area contributed by atoms with Crippen LogP contribution in [0.25, 0.3) is 0 Å². The van der Waals surface area contributed by atoms with E-state index in [1.54, 1.807) is 12.1 Å². The molecule has 1 atom stereocenters. The van der Waals surface area contributed by atoms with Crippen LogP contribution in [-0.2, 0) is 19.4 Å². The van der Waals surface area contributed by atoms with Crippen LogP contribution in [0.3, 0.4) is 0 Å². The van der Waals surface area contributed by atoms with Crippen molar-refractivity contribution in [3.8, 4) is 0 Å². The van der Waals surface area contributed by atoms with E-state index < -0.39 is 33.5 Å². The molecule has 1 aromatic rings. The minimum absolute atomic E-state index is 0.109. The predicted octanol–water partition coefficient (Wildman–Crippen LogP) is 0.155. The Balaban J connectivity index is 1.83. The smallest absolute Gasteiger partial charge is 0.327 e. The number of rotatable bonds is 3. The number of carbonyl (C=O) groups excluding carboxylic acids is 1. The zero-order valence-electron chi connectivity index (χ0n) is 14.6. The molecule has 0 bridgehead atoms. The summed E-state index contributed by atoms with van der Waals surface area (Å²) in [7, 11) is -3.45. The summed E-state index contributed by atoms with van der Waals surface area (Å²) in [5.74, 6) is -2.51. The molecular weight excluding hydrogens is 360 g/mol. The van der Waals surface area contributed by atoms with Gasteiger partial charge in [0, 0.05) is 30.9 Å². The highest BCUT2D eigenvalue weighted by atomic mass is 32.2. The van der Waals surface area contributed by atoms with Gasteiger partial charge in [-0.05, 0) is 30.7 Å². The van der Waals surface area contributed by atoms with Crippen molar-refractivity contribution in [2.24, 2.45) is 0 Å². The summed E-state index contributed by atoms with van der Waals surface area (Å²) in [6.07, 6.45) is 0. The molecule has 0 saturated carbocycles. The van der Waals surface area contributed by atoms with Gasteiger partial charge in [0.25, 0.3) is 5.91 Å². The van der Waals surface area contributed by atoms with Crippen LogP contribution in [0, 0.1) is 6.92 Å². The Labute approximate surface area is 152 Å². The average Bonchev–Trinajstić information content (AvgIpc) is 2.61. The van der Waals surface area contributed by atoms with Gasteiger partial charge in [-0.1, -0.05) is 0 Å². The maximum atomic E-state index is 12.8. The fourth-order valence-electron chi connectivity index (χ4n) is 3.37. The molecule has 2 saturated heterocycles. The first-order valence-electron chi connectivity index (χ1n) is 8.46.